The second-order valence-electron chi connectivity index (χ2n) is 3.14. The summed E-state index contributed by atoms with van der Waals surface area (Å²) in [6.07, 6.45) is 0.534. The van der Waals surface area contributed by atoms with Gasteiger partial charge >= 0.3 is 5.97 Å². The number of carbonyl (C=O) groups is 3. The normalized spacial score (nSPS) is 12.3. The van der Waals surface area contributed by atoms with Gasteiger partial charge in [-0.2, -0.15) is 0 Å². The zero-order valence-corrected chi connectivity index (χ0v) is 9.81. The van der Waals surface area contributed by atoms with Gasteiger partial charge in [0.05, 0.1) is 11.1 Å². The van der Waals surface area contributed by atoms with Gasteiger partial charge in [-0.05, 0) is 22.0 Å². The molecule has 0 saturated heterocycles. The van der Waals surface area contributed by atoms with E-state index in [9.17, 15) is 14.4 Å². The predicted molar refractivity (Wildman–Crippen MR) is 57.6 cm³/mol. The van der Waals surface area contributed by atoms with Gasteiger partial charge in [0.25, 0.3) is 5.78 Å². The topological polar surface area (TPSA) is 89.9 Å². The van der Waals surface area contributed by atoms with E-state index in [4.69, 9.17) is 14.6 Å². The molecule has 1 aromatic carbocycles. The third-order valence-corrected chi connectivity index (χ3v) is 2.84. The average Bonchev–Trinajstić information content (AvgIpc) is 2.75. The largest absolute Gasteiger partial charge is 0.475 e. The first kappa shape index (κ1) is 11.6. The maximum absolute atomic E-state index is 11.4. The third kappa shape index (κ3) is 1.78. The van der Waals surface area contributed by atoms with Gasteiger partial charge in [-0.3, -0.25) is 9.59 Å². The number of fused-ring (bicyclic) bond motifs is 1. The number of ether oxygens (including phenoxy) is 2. The minimum absolute atomic E-state index is 0.0114. The van der Waals surface area contributed by atoms with Gasteiger partial charge < -0.3 is 14.6 Å². The summed E-state index contributed by atoms with van der Waals surface area (Å²) in [7, 11) is 0. The molecule has 7 heteroatoms. The van der Waals surface area contributed by atoms with E-state index in [1.54, 1.807) is 0 Å². The van der Waals surface area contributed by atoms with E-state index >= 15 is 0 Å². The number of carboxylic acids is 1. The van der Waals surface area contributed by atoms with Gasteiger partial charge in [0.15, 0.2) is 17.8 Å². The average molecular weight is 301 g/mol. The Hall–Kier alpha value is -1.89. The van der Waals surface area contributed by atoms with Crippen LogP contribution in [0.4, 0.5) is 0 Å². The van der Waals surface area contributed by atoms with Crippen LogP contribution in [0.3, 0.4) is 0 Å². The summed E-state index contributed by atoms with van der Waals surface area (Å²) in [6, 6.07) is 1.23. The highest BCUT2D eigenvalue weighted by Gasteiger charge is 2.30. The van der Waals surface area contributed by atoms with Crippen molar-refractivity contribution in [3.05, 3.63) is 21.7 Å². The minimum atomic E-state index is -1.60. The quantitative estimate of drug-likeness (QED) is 0.513. The fraction of sp³-hybridized carbons (Fsp3) is 0.100. The second kappa shape index (κ2) is 4.17. The van der Waals surface area contributed by atoms with Crippen molar-refractivity contribution in [2.75, 3.05) is 6.79 Å². The van der Waals surface area contributed by atoms with Crippen LogP contribution in [-0.2, 0) is 4.79 Å². The molecule has 0 bridgehead atoms. The maximum Gasteiger partial charge on any atom is 0.377 e. The van der Waals surface area contributed by atoms with Crippen molar-refractivity contribution in [1.29, 1.82) is 0 Å². The molecule has 88 valence electrons. The summed E-state index contributed by atoms with van der Waals surface area (Å²) in [5, 5.41) is 8.65. The van der Waals surface area contributed by atoms with E-state index in [1.807, 2.05) is 0 Å². The number of halogens is 1. The number of benzene rings is 1. The van der Waals surface area contributed by atoms with E-state index in [1.165, 1.54) is 6.07 Å². The molecule has 0 radical (unpaired) electrons. The molecule has 1 N–H and O–H groups in total. The van der Waals surface area contributed by atoms with Crippen molar-refractivity contribution in [2.45, 2.75) is 0 Å². The Morgan fingerprint density at radius 2 is 2.00 bits per heavy atom. The zero-order chi connectivity index (χ0) is 12.6. The fourth-order valence-corrected chi connectivity index (χ4v) is 1.95. The van der Waals surface area contributed by atoms with Crippen LogP contribution in [-0.4, -0.2) is 29.9 Å². The molecule has 1 aliphatic heterocycles. The first-order chi connectivity index (χ1) is 8.06. The van der Waals surface area contributed by atoms with Crippen molar-refractivity contribution < 1.29 is 29.0 Å². The van der Waals surface area contributed by atoms with Crippen LogP contribution in [0, 0.1) is 0 Å². The molecule has 0 fully saturated rings. The van der Waals surface area contributed by atoms with E-state index in [2.05, 4.69) is 15.9 Å². The molecule has 2 rings (SSSR count). The number of ketones is 1. The summed E-state index contributed by atoms with van der Waals surface area (Å²) in [4.78, 5) is 32.9. The first-order valence-electron chi connectivity index (χ1n) is 4.41. The van der Waals surface area contributed by atoms with E-state index < -0.39 is 11.8 Å². The lowest BCUT2D eigenvalue weighted by molar-refractivity contribution is -0.131. The monoisotopic (exact) mass is 300 g/mol. The van der Waals surface area contributed by atoms with Crippen LogP contribution in [0.2, 0.25) is 0 Å². The Balaban J connectivity index is 2.68. The molecular weight excluding hydrogens is 296 g/mol. The second-order valence-corrected chi connectivity index (χ2v) is 3.99. The van der Waals surface area contributed by atoms with Crippen LogP contribution in [0.1, 0.15) is 20.7 Å². The smallest absolute Gasteiger partial charge is 0.377 e. The van der Waals surface area contributed by atoms with Crippen LogP contribution in [0.5, 0.6) is 11.5 Å². The summed E-state index contributed by atoms with van der Waals surface area (Å²) >= 11 is 3.07. The molecule has 0 aliphatic carbocycles. The number of hydrogen-bond acceptors (Lipinski definition) is 5. The van der Waals surface area contributed by atoms with Crippen LogP contribution in [0.25, 0.3) is 0 Å². The van der Waals surface area contributed by atoms with Gasteiger partial charge in [0.2, 0.25) is 6.79 Å². The van der Waals surface area contributed by atoms with E-state index in [-0.39, 0.29) is 33.9 Å². The summed E-state index contributed by atoms with van der Waals surface area (Å²) < 4.78 is 10.3. The molecule has 0 amide bonds. The van der Waals surface area contributed by atoms with Crippen molar-refractivity contribution >= 4 is 34.0 Å². The Kier molecular flexibility index (Phi) is 2.84. The van der Waals surface area contributed by atoms with Crippen molar-refractivity contribution in [1.82, 2.24) is 0 Å². The molecule has 0 spiro atoms. The number of aliphatic carboxylic acids is 1. The standard InChI is InChI=1S/C10H5BrO6/c11-6-1-4(7(13)10(14)15)8-9(5(6)2-12)17-3-16-8/h1-2H,3H2,(H,14,15). The lowest BCUT2D eigenvalue weighted by Crippen LogP contribution is -2.13. The lowest BCUT2D eigenvalue weighted by atomic mass is 10.1. The molecule has 0 aromatic heterocycles. The first-order valence-corrected chi connectivity index (χ1v) is 5.20. The number of rotatable bonds is 3. The molecule has 1 aromatic rings. The molecule has 1 heterocycles. The predicted octanol–water partition coefficient (Wildman–Crippen LogP) is 1.26. The molecule has 0 saturated carbocycles. The lowest BCUT2D eigenvalue weighted by Gasteiger charge is -2.06. The van der Waals surface area contributed by atoms with Crippen LogP contribution >= 0.6 is 15.9 Å². The Labute approximate surface area is 103 Å². The summed E-state index contributed by atoms with van der Waals surface area (Å²) in [5.41, 5.74) is 0.0295. The molecule has 0 unspecified atom stereocenters. The van der Waals surface area contributed by atoms with Crippen molar-refractivity contribution in [3.8, 4) is 11.5 Å². The summed E-state index contributed by atoms with van der Waals surface area (Å²) in [5.74, 6) is -2.65. The van der Waals surface area contributed by atoms with Crippen molar-refractivity contribution in [2.24, 2.45) is 0 Å². The SMILES string of the molecule is O=Cc1c(Br)cc(C(=O)C(=O)O)c2c1OCO2. The van der Waals surface area contributed by atoms with E-state index in [0.717, 1.165) is 0 Å². The molecule has 17 heavy (non-hydrogen) atoms. The van der Waals surface area contributed by atoms with Gasteiger partial charge in [0, 0.05) is 4.47 Å². The number of Topliss-reactive ketones (excluding diaryl/α,β-unsaturated/α-hetero) is 1. The molecule has 1 aliphatic rings. The number of carbonyl (C=O) groups excluding carboxylic acids is 2. The van der Waals surface area contributed by atoms with Gasteiger partial charge in [0.1, 0.15) is 0 Å². The van der Waals surface area contributed by atoms with Gasteiger partial charge in [-0.25, -0.2) is 4.79 Å². The Bertz CT molecular complexity index is 536. The summed E-state index contributed by atoms with van der Waals surface area (Å²) in [6.45, 7) is -0.160. The minimum Gasteiger partial charge on any atom is -0.475 e. The number of aldehydes is 1. The third-order valence-electron chi connectivity index (χ3n) is 2.19. The highest BCUT2D eigenvalue weighted by molar-refractivity contribution is 9.10. The highest BCUT2D eigenvalue weighted by Crippen LogP contribution is 2.42. The van der Waals surface area contributed by atoms with E-state index in [0.29, 0.717) is 6.29 Å². The Morgan fingerprint density at radius 1 is 1.35 bits per heavy atom. The molecular formula is C10H5BrO6. The fourth-order valence-electron chi connectivity index (χ4n) is 1.45. The van der Waals surface area contributed by atoms with Crippen LogP contribution < -0.4 is 9.47 Å². The highest BCUT2D eigenvalue weighted by atomic mass is 79.9. The van der Waals surface area contributed by atoms with Gasteiger partial charge in [-0.15, -0.1) is 0 Å². The van der Waals surface area contributed by atoms with Crippen molar-refractivity contribution in [3.63, 3.8) is 0 Å². The van der Waals surface area contributed by atoms with Gasteiger partial charge in [-0.1, -0.05) is 0 Å². The molecule has 6 nitrogen and oxygen atoms in total. The maximum atomic E-state index is 11.4. The Morgan fingerprint density at radius 3 is 2.59 bits per heavy atom. The van der Waals surface area contributed by atoms with Crippen LogP contribution in [0.15, 0.2) is 10.5 Å². The molecule has 0 atom stereocenters. The number of hydrogen-bond donors (Lipinski definition) is 1. The number of carboxylic acid groups (broad SMARTS) is 1. The zero-order valence-electron chi connectivity index (χ0n) is 8.23.